The van der Waals surface area contributed by atoms with Crippen LogP contribution < -0.4 is 18.9 Å². The molecular formula is C20H23N2O2+. The molecule has 4 rings (SSSR count). The first kappa shape index (κ1) is 15.1. The summed E-state index contributed by atoms with van der Waals surface area (Å²) in [6, 6.07) is 8.28. The SMILES string of the molecule is COc1ccc2c(c1)C(C)(C)C1(C=Cc3c[n+](C)ccc3O1)N2C. The van der Waals surface area contributed by atoms with Gasteiger partial charge in [0.05, 0.1) is 18.1 Å². The molecule has 0 aliphatic carbocycles. The molecule has 24 heavy (non-hydrogen) atoms. The van der Waals surface area contributed by atoms with Gasteiger partial charge in [0.1, 0.15) is 18.5 Å². The van der Waals surface area contributed by atoms with E-state index in [-0.39, 0.29) is 5.41 Å². The summed E-state index contributed by atoms with van der Waals surface area (Å²) in [6.07, 6.45) is 8.45. The highest BCUT2D eigenvalue weighted by molar-refractivity contribution is 5.72. The number of ether oxygens (including phenoxy) is 2. The van der Waals surface area contributed by atoms with Gasteiger partial charge in [0, 0.05) is 18.8 Å². The average molecular weight is 323 g/mol. The van der Waals surface area contributed by atoms with Crippen LogP contribution in [0.3, 0.4) is 0 Å². The Morgan fingerprint density at radius 1 is 1.21 bits per heavy atom. The fourth-order valence-corrected chi connectivity index (χ4v) is 3.97. The Bertz CT molecular complexity index is 857. The third-order valence-corrected chi connectivity index (χ3v) is 5.47. The summed E-state index contributed by atoms with van der Waals surface area (Å²) in [5.74, 6) is 1.79. The lowest BCUT2D eigenvalue weighted by Crippen LogP contribution is -2.58. The Hall–Kier alpha value is -2.49. The van der Waals surface area contributed by atoms with Gasteiger partial charge in [-0.25, -0.2) is 4.57 Å². The normalized spacial score (nSPS) is 23.0. The highest BCUT2D eigenvalue weighted by Crippen LogP contribution is 2.54. The molecule has 2 aromatic rings. The van der Waals surface area contributed by atoms with Crippen molar-refractivity contribution in [3.05, 3.63) is 53.9 Å². The molecule has 124 valence electrons. The number of rotatable bonds is 1. The summed E-state index contributed by atoms with van der Waals surface area (Å²) in [5, 5.41) is 0. The minimum Gasteiger partial charge on any atom is -0.497 e. The Balaban J connectivity index is 1.87. The Labute approximate surface area is 142 Å². The summed E-state index contributed by atoms with van der Waals surface area (Å²) in [5.41, 5.74) is 2.74. The molecule has 4 heteroatoms. The van der Waals surface area contributed by atoms with Crippen LogP contribution >= 0.6 is 0 Å². The van der Waals surface area contributed by atoms with Crippen molar-refractivity contribution in [1.29, 1.82) is 0 Å². The van der Waals surface area contributed by atoms with E-state index in [1.165, 1.54) is 11.3 Å². The largest absolute Gasteiger partial charge is 0.497 e. The number of aryl methyl sites for hydroxylation is 1. The van der Waals surface area contributed by atoms with Gasteiger partial charge in [-0.15, -0.1) is 0 Å². The maximum Gasteiger partial charge on any atom is 0.211 e. The number of benzene rings is 1. The van der Waals surface area contributed by atoms with E-state index >= 15 is 0 Å². The van der Waals surface area contributed by atoms with Gasteiger partial charge in [-0.05, 0) is 49.8 Å². The number of hydrogen-bond donors (Lipinski definition) is 0. The average Bonchev–Trinajstić information content (AvgIpc) is 2.73. The van der Waals surface area contributed by atoms with Crippen LogP contribution in [0.5, 0.6) is 11.5 Å². The molecule has 1 unspecified atom stereocenters. The molecule has 0 radical (unpaired) electrons. The van der Waals surface area contributed by atoms with Crippen molar-refractivity contribution in [3.8, 4) is 11.5 Å². The second-order valence-electron chi connectivity index (χ2n) is 7.13. The molecule has 1 spiro atoms. The first-order valence-electron chi connectivity index (χ1n) is 8.19. The van der Waals surface area contributed by atoms with Crippen LogP contribution in [0.4, 0.5) is 5.69 Å². The summed E-state index contributed by atoms with van der Waals surface area (Å²) >= 11 is 0. The number of methoxy groups -OCH3 is 1. The van der Waals surface area contributed by atoms with Gasteiger partial charge in [0.2, 0.25) is 5.72 Å². The maximum absolute atomic E-state index is 6.60. The van der Waals surface area contributed by atoms with Gasteiger partial charge in [0.15, 0.2) is 12.4 Å². The fourth-order valence-electron chi connectivity index (χ4n) is 3.97. The zero-order valence-corrected chi connectivity index (χ0v) is 14.8. The van der Waals surface area contributed by atoms with Crippen LogP contribution in [0.2, 0.25) is 0 Å². The molecule has 0 bridgehead atoms. The highest BCUT2D eigenvalue weighted by atomic mass is 16.5. The van der Waals surface area contributed by atoms with Gasteiger partial charge in [-0.1, -0.05) is 0 Å². The summed E-state index contributed by atoms with van der Waals surface area (Å²) in [4.78, 5) is 2.23. The quantitative estimate of drug-likeness (QED) is 0.754. The molecule has 1 aromatic carbocycles. The molecule has 2 aliphatic heterocycles. The van der Waals surface area contributed by atoms with Crippen LogP contribution in [-0.2, 0) is 12.5 Å². The van der Waals surface area contributed by atoms with Crippen molar-refractivity contribution < 1.29 is 14.0 Å². The molecule has 0 N–H and O–H groups in total. The van der Waals surface area contributed by atoms with Crippen LogP contribution in [0.25, 0.3) is 6.08 Å². The minimum absolute atomic E-state index is 0.224. The van der Waals surface area contributed by atoms with Crippen LogP contribution in [0.1, 0.15) is 25.0 Å². The van der Waals surface area contributed by atoms with E-state index in [0.29, 0.717) is 0 Å². The van der Waals surface area contributed by atoms with Crippen molar-refractivity contribution in [2.45, 2.75) is 25.0 Å². The van der Waals surface area contributed by atoms with Crippen molar-refractivity contribution in [3.63, 3.8) is 0 Å². The van der Waals surface area contributed by atoms with Crippen molar-refractivity contribution in [2.24, 2.45) is 7.05 Å². The number of fused-ring (bicyclic) bond motifs is 2. The van der Waals surface area contributed by atoms with E-state index in [0.717, 1.165) is 17.1 Å². The molecule has 2 aliphatic rings. The summed E-state index contributed by atoms with van der Waals surface area (Å²) in [7, 11) is 5.82. The number of nitrogens with zero attached hydrogens (tertiary/aromatic N) is 2. The van der Waals surface area contributed by atoms with E-state index < -0.39 is 5.72 Å². The standard InChI is InChI=1S/C20H23N2O2/c1-19(2)16-12-15(23-5)6-7-17(16)22(4)20(19)10-8-14-13-21(3)11-9-18(14)24-20/h6-13H,1-5H3/q+1. The zero-order valence-electron chi connectivity index (χ0n) is 14.8. The molecule has 0 saturated heterocycles. The number of pyridine rings is 1. The lowest BCUT2D eigenvalue weighted by molar-refractivity contribution is -0.671. The molecule has 1 atom stereocenters. The lowest BCUT2D eigenvalue weighted by atomic mass is 9.76. The monoisotopic (exact) mass is 323 g/mol. The Kier molecular flexibility index (Phi) is 2.99. The minimum atomic E-state index is -0.547. The Morgan fingerprint density at radius 3 is 2.75 bits per heavy atom. The molecule has 0 saturated carbocycles. The topological polar surface area (TPSA) is 25.6 Å². The van der Waals surface area contributed by atoms with Gasteiger partial charge in [0.25, 0.3) is 0 Å². The van der Waals surface area contributed by atoms with E-state index in [9.17, 15) is 0 Å². The molecule has 0 amide bonds. The second-order valence-corrected chi connectivity index (χ2v) is 7.13. The number of anilines is 1. The van der Waals surface area contributed by atoms with Crippen LogP contribution in [-0.4, -0.2) is 19.9 Å². The van der Waals surface area contributed by atoms with Gasteiger partial charge >= 0.3 is 0 Å². The predicted molar refractivity (Wildman–Crippen MR) is 94.4 cm³/mol. The zero-order chi connectivity index (χ0) is 17.1. The van der Waals surface area contributed by atoms with Crippen LogP contribution in [0.15, 0.2) is 42.7 Å². The van der Waals surface area contributed by atoms with E-state index in [1.807, 2.05) is 29.9 Å². The van der Waals surface area contributed by atoms with Crippen molar-refractivity contribution in [1.82, 2.24) is 0 Å². The fraction of sp³-hybridized carbons (Fsp3) is 0.350. The molecule has 4 nitrogen and oxygen atoms in total. The van der Waals surface area contributed by atoms with E-state index in [1.54, 1.807) is 7.11 Å². The van der Waals surface area contributed by atoms with Crippen molar-refractivity contribution >= 4 is 11.8 Å². The first-order valence-corrected chi connectivity index (χ1v) is 8.19. The predicted octanol–water partition coefficient (Wildman–Crippen LogP) is 3.05. The number of aromatic nitrogens is 1. The molecule has 3 heterocycles. The number of likely N-dealkylation sites (N-methyl/N-ethyl adjacent to an activating group) is 1. The van der Waals surface area contributed by atoms with Crippen LogP contribution in [0, 0.1) is 0 Å². The highest BCUT2D eigenvalue weighted by Gasteiger charge is 2.57. The van der Waals surface area contributed by atoms with Gasteiger partial charge in [-0.3, -0.25) is 0 Å². The molecule has 0 fully saturated rings. The van der Waals surface area contributed by atoms with Gasteiger partial charge < -0.3 is 14.4 Å². The lowest BCUT2D eigenvalue weighted by Gasteiger charge is -2.45. The molecular weight excluding hydrogens is 300 g/mol. The second kappa shape index (κ2) is 4.76. The third-order valence-electron chi connectivity index (χ3n) is 5.47. The third kappa shape index (κ3) is 1.77. The maximum atomic E-state index is 6.60. The molecule has 1 aromatic heterocycles. The summed E-state index contributed by atoms with van der Waals surface area (Å²) < 4.78 is 14.1. The van der Waals surface area contributed by atoms with E-state index in [2.05, 4.69) is 56.3 Å². The smallest absolute Gasteiger partial charge is 0.211 e. The van der Waals surface area contributed by atoms with E-state index in [4.69, 9.17) is 9.47 Å². The van der Waals surface area contributed by atoms with Crippen molar-refractivity contribution in [2.75, 3.05) is 19.1 Å². The number of hydrogen-bond acceptors (Lipinski definition) is 3. The Morgan fingerprint density at radius 2 is 2.00 bits per heavy atom. The summed E-state index contributed by atoms with van der Waals surface area (Å²) in [6.45, 7) is 4.46. The first-order chi connectivity index (χ1) is 11.4. The van der Waals surface area contributed by atoms with Gasteiger partial charge in [-0.2, -0.15) is 0 Å².